The number of hydrogen-bond acceptors (Lipinski definition) is 4. The molecular weight excluding hydrogens is 328 g/mol. The van der Waals surface area contributed by atoms with Crippen LogP contribution in [0.25, 0.3) is 10.8 Å². The molecule has 0 saturated carbocycles. The number of rotatable bonds is 11. The highest BCUT2D eigenvalue weighted by Crippen LogP contribution is 2.25. The molecule has 0 aliphatic heterocycles. The van der Waals surface area contributed by atoms with Crippen molar-refractivity contribution in [3.05, 3.63) is 42.5 Å². The first-order chi connectivity index (χ1) is 12.7. The molecule has 26 heavy (non-hydrogen) atoms. The van der Waals surface area contributed by atoms with E-state index in [-0.39, 0.29) is 11.9 Å². The van der Waals surface area contributed by atoms with Crippen molar-refractivity contribution in [2.75, 3.05) is 6.61 Å². The SMILES string of the molecule is CCCCCOC(=O)CCCCCC(=O)Oc1cccc2ccccc12. The fourth-order valence-electron chi connectivity index (χ4n) is 2.78. The zero-order chi connectivity index (χ0) is 18.6. The van der Waals surface area contributed by atoms with E-state index in [1.54, 1.807) is 0 Å². The second-order valence-corrected chi connectivity index (χ2v) is 6.44. The van der Waals surface area contributed by atoms with Crippen LogP contribution in [-0.2, 0) is 14.3 Å². The maximum Gasteiger partial charge on any atom is 0.311 e. The average molecular weight is 356 g/mol. The second kappa shape index (κ2) is 11.3. The van der Waals surface area contributed by atoms with Crippen LogP contribution >= 0.6 is 0 Å². The van der Waals surface area contributed by atoms with Gasteiger partial charge >= 0.3 is 11.9 Å². The zero-order valence-corrected chi connectivity index (χ0v) is 15.5. The third-order valence-electron chi connectivity index (χ3n) is 4.25. The Balaban J connectivity index is 1.63. The molecule has 4 nitrogen and oxygen atoms in total. The van der Waals surface area contributed by atoms with Crippen molar-refractivity contribution in [1.82, 2.24) is 0 Å². The summed E-state index contributed by atoms with van der Waals surface area (Å²) in [6.45, 7) is 2.64. The molecule has 0 heterocycles. The molecule has 0 aromatic heterocycles. The smallest absolute Gasteiger partial charge is 0.311 e. The van der Waals surface area contributed by atoms with Gasteiger partial charge in [0.15, 0.2) is 0 Å². The van der Waals surface area contributed by atoms with Crippen molar-refractivity contribution in [3.63, 3.8) is 0 Å². The van der Waals surface area contributed by atoms with Crippen LogP contribution in [0.5, 0.6) is 5.75 Å². The predicted molar refractivity (Wildman–Crippen MR) is 103 cm³/mol. The topological polar surface area (TPSA) is 52.6 Å². The van der Waals surface area contributed by atoms with E-state index in [1.165, 1.54) is 0 Å². The lowest BCUT2D eigenvalue weighted by Gasteiger charge is -2.08. The molecule has 2 rings (SSSR count). The minimum absolute atomic E-state index is 0.139. The fraction of sp³-hybridized carbons (Fsp3) is 0.455. The Morgan fingerprint density at radius 1 is 0.808 bits per heavy atom. The van der Waals surface area contributed by atoms with E-state index in [1.807, 2.05) is 42.5 Å². The standard InChI is InChI=1S/C22H28O4/c1-2-3-9-17-25-21(23)15-5-4-6-16-22(24)26-20-14-10-12-18-11-7-8-13-19(18)20/h7-8,10-14H,2-6,9,15-17H2,1H3. The lowest BCUT2D eigenvalue weighted by atomic mass is 10.1. The molecule has 0 aliphatic carbocycles. The van der Waals surface area contributed by atoms with Crippen LogP contribution in [0, 0.1) is 0 Å². The average Bonchev–Trinajstić information content (AvgIpc) is 2.65. The highest BCUT2D eigenvalue weighted by atomic mass is 16.5. The van der Waals surface area contributed by atoms with Gasteiger partial charge in [-0.25, -0.2) is 0 Å². The lowest BCUT2D eigenvalue weighted by Crippen LogP contribution is -2.08. The molecule has 140 valence electrons. The molecular formula is C22H28O4. The Hall–Kier alpha value is -2.36. The summed E-state index contributed by atoms with van der Waals surface area (Å²) in [4.78, 5) is 23.6. The van der Waals surface area contributed by atoms with Crippen LogP contribution in [-0.4, -0.2) is 18.5 Å². The maximum absolute atomic E-state index is 12.0. The van der Waals surface area contributed by atoms with Gasteiger partial charge in [0.25, 0.3) is 0 Å². The third kappa shape index (κ3) is 6.87. The van der Waals surface area contributed by atoms with Crippen molar-refractivity contribution in [2.45, 2.75) is 58.3 Å². The van der Waals surface area contributed by atoms with Crippen molar-refractivity contribution in [1.29, 1.82) is 0 Å². The van der Waals surface area contributed by atoms with Crippen LogP contribution in [0.3, 0.4) is 0 Å². The largest absolute Gasteiger partial charge is 0.466 e. The van der Waals surface area contributed by atoms with Crippen molar-refractivity contribution in [2.24, 2.45) is 0 Å². The minimum atomic E-state index is -0.233. The van der Waals surface area contributed by atoms with Gasteiger partial charge in [0.2, 0.25) is 0 Å². The van der Waals surface area contributed by atoms with Crippen LogP contribution in [0.4, 0.5) is 0 Å². The Kier molecular flexibility index (Phi) is 8.67. The molecule has 4 heteroatoms. The summed E-state index contributed by atoms with van der Waals surface area (Å²) in [6, 6.07) is 13.5. The second-order valence-electron chi connectivity index (χ2n) is 6.44. The molecule has 0 fully saturated rings. The van der Waals surface area contributed by atoms with Gasteiger partial charge in [0.05, 0.1) is 6.61 Å². The number of benzene rings is 2. The number of fused-ring (bicyclic) bond motifs is 1. The molecule has 2 aromatic carbocycles. The summed E-state index contributed by atoms with van der Waals surface area (Å²) in [5.41, 5.74) is 0. The van der Waals surface area contributed by atoms with Crippen molar-refractivity contribution >= 4 is 22.7 Å². The highest BCUT2D eigenvalue weighted by molar-refractivity contribution is 5.90. The van der Waals surface area contributed by atoms with Gasteiger partial charge in [-0.1, -0.05) is 62.6 Å². The summed E-state index contributed by atoms with van der Waals surface area (Å²) in [7, 11) is 0. The summed E-state index contributed by atoms with van der Waals surface area (Å²) >= 11 is 0. The van der Waals surface area contributed by atoms with Gasteiger partial charge in [-0.15, -0.1) is 0 Å². The first-order valence-electron chi connectivity index (χ1n) is 9.54. The molecule has 2 aromatic rings. The Labute approximate surface area is 155 Å². The summed E-state index contributed by atoms with van der Waals surface area (Å²) in [5.74, 6) is 0.228. The third-order valence-corrected chi connectivity index (χ3v) is 4.25. The van der Waals surface area contributed by atoms with Crippen LogP contribution < -0.4 is 4.74 Å². The molecule has 0 spiro atoms. The molecule has 0 N–H and O–H groups in total. The summed E-state index contributed by atoms with van der Waals surface area (Å²) in [5, 5.41) is 1.99. The first kappa shape index (κ1) is 20.0. The highest BCUT2D eigenvalue weighted by Gasteiger charge is 2.08. The van der Waals surface area contributed by atoms with E-state index in [0.717, 1.165) is 42.9 Å². The van der Waals surface area contributed by atoms with Crippen molar-refractivity contribution < 1.29 is 19.1 Å². The van der Waals surface area contributed by atoms with E-state index in [0.29, 0.717) is 31.6 Å². The molecule has 0 atom stereocenters. The van der Waals surface area contributed by atoms with Crippen LogP contribution in [0.2, 0.25) is 0 Å². The van der Waals surface area contributed by atoms with Gasteiger partial charge in [-0.3, -0.25) is 9.59 Å². The summed E-state index contributed by atoms with van der Waals surface area (Å²) in [6.07, 6.45) is 6.19. The zero-order valence-electron chi connectivity index (χ0n) is 15.5. The van der Waals surface area contributed by atoms with E-state index in [2.05, 4.69) is 6.92 Å². The number of ether oxygens (including phenoxy) is 2. The Morgan fingerprint density at radius 2 is 1.54 bits per heavy atom. The van der Waals surface area contributed by atoms with E-state index in [9.17, 15) is 9.59 Å². The molecule has 0 unspecified atom stereocenters. The Morgan fingerprint density at radius 3 is 2.35 bits per heavy atom. The van der Waals surface area contributed by atoms with Gasteiger partial charge in [0, 0.05) is 18.2 Å². The van der Waals surface area contributed by atoms with Crippen molar-refractivity contribution in [3.8, 4) is 5.75 Å². The van der Waals surface area contributed by atoms with E-state index in [4.69, 9.17) is 9.47 Å². The molecule has 0 bridgehead atoms. The number of carbonyl (C=O) groups is 2. The number of esters is 2. The molecule has 0 radical (unpaired) electrons. The normalized spacial score (nSPS) is 10.7. The maximum atomic E-state index is 12.0. The number of carbonyl (C=O) groups excluding carboxylic acids is 2. The first-order valence-corrected chi connectivity index (χ1v) is 9.54. The van der Waals surface area contributed by atoms with E-state index >= 15 is 0 Å². The minimum Gasteiger partial charge on any atom is -0.466 e. The van der Waals surface area contributed by atoms with Crippen LogP contribution in [0.1, 0.15) is 58.3 Å². The van der Waals surface area contributed by atoms with Gasteiger partial charge in [-0.2, -0.15) is 0 Å². The lowest BCUT2D eigenvalue weighted by molar-refractivity contribution is -0.143. The molecule has 0 saturated heterocycles. The predicted octanol–water partition coefficient (Wildman–Crippen LogP) is 5.43. The van der Waals surface area contributed by atoms with Crippen LogP contribution in [0.15, 0.2) is 42.5 Å². The van der Waals surface area contributed by atoms with E-state index < -0.39 is 0 Å². The van der Waals surface area contributed by atoms with Gasteiger partial charge < -0.3 is 9.47 Å². The summed E-state index contributed by atoms with van der Waals surface area (Å²) < 4.78 is 10.7. The number of unbranched alkanes of at least 4 members (excludes halogenated alkanes) is 4. The Bertz CT molecular complexity index is 703. The molecule has 0 amide bonds. The van der Waals surface area contributed by atoms with Gasteiger partial charge in [-0.05, 0) is 30.7 Å². The quantitative estimate of drug-likeness (QED) is 0.306. The monoisotopic (exact) mass is 356 g/mol. The van der Waals surface area contributed by atoms with Gasteiger partial charge in [0.1, 0.15) is 5.75 Å². The number of hydrogen-bond donors (Lipinski definition) is 0. The molecule has 0 aliphatic rings. The fourth-order valence-corrected chi connectivity index (χ4v) is 2.78.